The molecule has 1 aromatic carbocycles. The van der Waals surface area contributed by atoms with Gasteiger partial charge in [-0.1, -0.05) is 18.2 Å². The van der Waals surface area contributed by atoms with Crippen molar-refractivity contribution in [3.8, 4) is 0 Å². The lowest BCUT2D eigenvalue weighted by atomic mass is 10.1. The Hall–Kier alpha value is -2.94. The summed E-state index contributed by atoms with van der Waals surface area (Å²) < 4.78 is 10.4. The van der Waals surface area contributed by atoms with Crippen molar-refractivity contribution in [1.29, 1.82) is 0 Å². The number of carbonyl (C=O) groups is 4. The maximum Gasteiger partial charge on any atom is 0.310 e. The van der Waals surface area contributed by atoms with Crippen molar-refractivity contribution in [2.75, 3.05) is 19.7 Å². The summed E-state index contributed by atoms with van der Waals surface area (Å²) >= 11 is 0. The van der Waals surface area contributed by atoms with Gasteiger partial charge in [0.25, 0.3) is 5.91 Å². The van der Waals surface area contributed by atoms with Gasteiger partial charge in [-0.2, -0.15) is 0 Å². The van der Waals surface area contributed by atoms with Gasteiger partial charge >= 0.3 is 5.97 Å². The number of nitrogens with zero attached hydrogens (tertiary/aromatic N) is 1. The Morgan fingerprint density at radius 3 is 2.77 bits per heavy atom. The van der Waals surface area contributed by atoms with Crippen LogP contribution in [-0.2, 0) is 23.9 Å². The molecule has 2 N–H and O–H groups in total. The molecule has 0 spiro atoms. The van der Waals surface area contributed by atoms with E-state index < -0.39 is 24.3 Å². The molecule has 2 aliphatic heterocycles. The minimum Gasteiger partial charge on any atom is -0.433 e. The minimum absolute atomic E-state index is 0.0313. The van der Waals surface area contributed by atoms with Crippen molar-refractivity contribution in [3.05, 3.63) is 35.4 Å². The zero-order chi connectivity index (χ0) is 21.7. The van der Waals surface area contributed by atoms with E-state index in [1.165, 1.54) is 4.90 Å². The number of rotatable bonds is 7. The zero-order valence-corrected chi connectivity index (χ0v) is 17.2. The lowest BCUT2D eigenvalue weighted by Gasteiger charge is -2.26. The third-order valence-electron chi connectivity index (χ3n) is 5.29. The van der Waals surface area contributed by atoms with E-state index in [2.05, 4.69) is 10.6 Å². The number of ether oxygens (including phenoxy) is 2. The van der Waals surface area contributed by atoms with Crippen LogP contribution < -0.4 is 10.6 Å². The van der Waals surface area contributed by atoms with E-state index in [1.807, 2.05) is 19.1 Å². The molecule has 0 aliphatic carbocycles. The SMILES string of the molecule is CCO[C@@H]1OC(=O)C[C@@H]1NC(=O)[C@@H]1CCCN1C(=O)CNC(=O)c1ccccc1C. The average Bonchev–Trinajstić information content (AvgIpc) is 3.33. The van der Waals surface area contributed by atoms with Gasteiger partial charge in [0.15, 0.2) is 0 Å². The molecule has 1 aromatic rings. The molecule has 0 saturated carbocycles. The molecule has 3 atom stereocenters. The highest BCUT2D eigenvalue weighted by Crippen LogP contribution is 2.21. The lowest BCUT2D eigenvalue weighted by molar-refractivity contribution is -0.164. The number of carbonyl (C=O) groups excluding carboxylic acids is 4. The molecule has 0 radical (unpaired) electrons. The van der Waals surface area contributed by atoms with E-state index in [4.69, 9.17) is 9.47 Å². The van der Waals surface area contributed by atoms with E-state index in [-0.39, 0.29) is 30.7 Å². The van der Waals surface area contributed by atoms with Gasteiger partial charge in [0.1, 0.15) is 12.1 Å². The van der Waals surface area contributed by atoms with Gasteiger partial charge in [0, 0.05) is 18.7 Å². The van der Waals surface area contributed by atoms with Crippen LogP contribution in [0.15, 0.2) is 24.3 Å². The number of likely N-dealkylation sites (tertiary alicyclic amines) is 1. The maximum absolute atomic E-state index is 12.8. The van der Waals surface area contributed by atoms with Crippen molar-refractivity contribution in [3.63, 3.8) is 0 Å². The summed E-state index contributed by atoms with van der Waals surface area (Å²) in [5.41, 5.74) is 1.33. The number of hydrogen-bond donors (Lipinski definition) is 2. The first-order valence-electron chi connectivity index (χ1n) is 10.2. The number of aryl methyl sites for hydroxylation is 1. The van der Waals surface area contributed by atoms with Gasteiger partial charge in [-0.25, -0.2) is 0 Å². The summed E-state index contributed by atoms with van der Waals surface area (Å²) in [5, 5.41) is 5.41. The van der Waals surface area contributed by atoms with Crippen LogP contribution in [-0.4, -0.2) is 66.7 Å². The molecule has 0 unspecified atom stereocenters. The molecular weight excluding hydrogens is 390 g/mol. The van der Waals surface area contributed by atoms with Crippen LogP contribution in [0.2, 0.25) is 0 Å². The summed E-state index contributed by atoms with van der Waals surface area (Å²) in [4.78, 5) is 50.8. The van der Waals surface area contributed by atoms with Gasteiger partial charge < -0.3 is 25.0 Å². The van der Waals surface area contributed by atoms with Gasteiger partial charge in [0.2, 0.25) is 18.1 Å². The highest BCUT2D eigenvalue weighted by molar-refractivity contribution is 5.98. The summed E-state index contributed by atoms with van der Waals surface area (Å²) in [7, 11) is 0. The first-order valence-corrected chi connectivity index (χ1v) is 10.2. The van der Waals surface area contributed by atoms with E-state index >= 15 is 0 Å². The van der Waals surface area contributed by atoms with E-state index in [9.17, 15) is 19.2 Å². The molecular formula is C21H27N3O6. The fourth-order valence-electron chi connectivity index (χ4n) is 3.77. The third kappa shape index (κ3) is 4.96. The van der Waals surface area contributed by atoms with Crippen LogP contribution in [0, 0.1) is 6.92 Å². The van der Waals surface area contributed by atoms with Crippen LogP contribution >= 0.6 is 0 Å². The average molecular weight is 417 g/mol. The Labute approximate surface area is 175 Å². The molecule has 30 heavy (non-hydrogen) atoms. The molecule has 2 aliphatic rings. The Morgan fingerprint density at radius 1 is 1.27 bits per heavy atom. The number of amides is 3. The Balaban J connectivity index is 1.56. The quantitative estimate of drug-likeness (QED) is 0.625. The predicted molar refractivity (Wildman–Crippen MR) is 106 cm³/mol. The molecule has 162 valence electrons. The molecule has 9 heteroatoms. The normalized spacial score (nSPS) is 23.2. The third-order valence-corrected chi connectivity index (χ3v) is 5.29. The Morgan fingerprint density at radius 2 is 2.03 bits per heavy atom. The van der Waals surface area contributed by atoms with E-state index in [0.717, 1.165) is 5.56 Å². The van der Waals surface area contributed by atoms with Crippen LogP contribution in [0.4, 0.5) is 0 Å². The second-order valence-corrected chi connectivity index (χ2v) is 7.38. The van der Waals surface area contributed by atoms with Crippen LogP contribution in [0.1, 0.15) is 42.1 Å². The van der Waals surface area contributed by atoms with Crippen molar-refractivity contribution >= 4 is 23.7 Å². The highest BCUT2D eigenvalue weighted by Gasteiger charge is 2.40. The monoisotopic (exact) mass is 417 g/mol. The summed E-state index contributed by atoms with van der Waals surface area (Å²) in [6.07, 6.45) is 0.420. The predicted octanol–water partition coefficient (Wildman–Crippen LogP) is 0.510. The smallest absolute Gasteiger partial charge is 0.310 e. The van der Waals surface area contributed by atoms with Crippen molar-refractivity contribution in [2.24, 2.45) is 0 Å². The number of cyclic esters (lactones) is 1. The molecule has 2 saturated heterocycles. The standard InChI is InChI=1S/C21H27N3O6/c1-3-29-21-15(11-18(26)30-21)23-20(28)16-9-6-10-24(16)17(25)12-22-19(27)14-8-5-4-7-13(14)2/h4-5,7-8,15-16,21H,3,6,9-12H2,1-2H3,(H,22,27)(H,23,28)/t15-,16-,21+/m0/s1. The first-order chi connectivity index (χ1) is 14.4. The summed E-state index contributed by atoms with van der Waals surface area (Å²) in [5.74, 6) is -1.44. The van der Waals surface area contributed by atoms with Crippen molar-refractivity contribution < 1.29 is 28.7 Å². The molecule has 2 fully saturated rings. The van der Waals surface area contributed by atoms with Crippen molar-refractivity contribution in [1.82, 2.24) is 15.5 Å². The first kappa shape index (κ1) is 21.8. The van der Waals surface area contributed by atoms with Crippen molar-refractivity contribution in [2.45, 2.75) is 51.5 Å². The van der Waals surface area contributed by atoms with Crippen LogP contribution in [0.25, 0.3) is 0 Å². The Bertz CT molecular complexity index is 827. The van der Waals surface area contributed by atoms with E-state index in [0.29, 0.717) is 31.6 Å². The number of benzene rings is 1. The number of nitrogens with one attached hydrogen (secondary N) is 2. The molecule has 0 bridgehead atoms. The number of hydrogen-bond acceptors (Lipinski definition) is 6. The molecule has 3 amide bonds. The van der Waals surface area contributed by atoms with E-state index in [1.54, 1.807) is 19.1 Å². The van der Waals surface area contributed by atoms with Gasteiger partial charge in [-0.05, 0) is 38.3 Å². The summed E-state index contributed by atoms with van der Waals surface area (Å²) in [6.45, 7) is 4.19. The fraction of sp³-hybridized carbons (Fsp3) is 0.524. The number of esters is 1. The fourth-order valence-corrected chi connectivity index (χ4v) is 3.77. The maximum atomic E-state index is 12.8. The van der Waals surface area contributed by atoms with Crippen LogP contribution in [0.3, 0.4) is 0 Å². The highest BCUT2D eigenvalue weighted by atomic mass is 16.7. The van der Waals surface area contributed by atoms with Gasteiger partial charge in [-0.15, -0.1) is 0 Å². The molecule has 9 nitrogen and oxygen atoms in total. The Kier molecular flexibility index (Phi) is 7.04. The molecule has 0 aromatic heterocycles. The van der Waals surface area contributed by atoms with Gasteiger partial charge in [-0.3, -0.25) is 19.2 Å². The molecule has 2 heterocycles. The minimum atomic E-state index is -0.814. The lowest BCUT2D eigenvalue weighted by Crippen LogP contribution is -2.52. The molecule has 3 rings (SSSR count). The summed E-state index contributed by atoms with van der Waals surface area (Å²) in [6, 6.07) is 5.89. The second-order valence-electron chi connectivity index (χ2n) is 7.38. The largest absolute Gasteiger partial charge is 0.433 e. The zero-order valence-electron chi connectivity index (χ0n) is 17.2. The van der Waals surface area contributed by atoms with Gasteiger partial charge in [0.05, 0.1) is 13.0 Å². The second kappa shape index (κ2) is 9.71. The van der Waals surface area contributed by atoms with Crippen LogP contribution in [0.5, 0.6) is 0 Å². The topological polar surface area (TPSA) is 114 Å².